The standard InChI is InChI=1S/C11H14N6/c1-8-5-10(16-11(15-8)17-12)14-7-9-3-2-4-13-6-9/h2-6H,7,12H2,1H3,(H2,14,15,16,17). The van der Waals surface area contributed by atoms with E-state index in [9.17, 15) is 0 Å². The zero-order valence-electron chi connectivity index (χ0n) is 9.51. The molecule has 17 heavy (non-hydrogen) atoms. The van der Waals surface area contributed by atoms with Gasteiger partial charge in [-0.15, -0.1) is 0 Å². The Hall–Kier alpha value is -2.21. The van der Waals surface area contributed by atoms with Gasteiger partial charge in [-0.2, -0.15) is 4.98 Å². The number of aryl methyl sites for hydroxylation is 1. The lowest BCUT2D eigenvalue weighted by molar-refractivity contribution is 1.03. The zero-order valence-corrected chi connectivity index (χ0v) is 9.51. The fourth-order valence-electron chi connectivity index (χ4n) is 1.42. The van der Waals surface area contributed by atoms with E-state index in [-0.39, 0.29) is 0 Å². The molecule has 2 aromatic rings. The van der Waals surface area contributed by atoms with Crippen LogP contribution in [0.3, 0.4) is 0 Å². The van der Waals surface area contributed by atoms with Crippen molar-refractivity contribution in [1.82, 2.24) is 15.0 Å². The summed E-state index contributed by atoms with van der Waals surface area (Å²) in [6.45, 7) is 2.55. The quantitative estimate of drug-likeness (QED) is 0.538. The molecule has 0 aromatic carbocycles. The minimum atomic E-state index is 0.402. The third kappa shape index (κ3) is 3.12. The van der Waals surface area contributed by atoms with Crippen molar-refractivity contribution >= 4 is 11.8 Å². The van der Waals surface area contributed by atoms with Crippen molar-refractivity contribution in [3.63, 3.8) is 0 Å². The molecule has 88 valence electrons. The van der Waals surface area contributed by atoms with Crippen molar-refractivity contribution in [1.29, 1.82) is 0 Å². The molecule has 6 heteroatoms. The van der Waals surface area contributed by atoms with Crippen molar-refractivity contribution in [3.05, 3.63) is 41.9 Å². The van der Waals surface area contributed by atoms with Gasteiger partial charge in [0.05, 0.1) is 0 Å². The van der Waals surface area contributed by atoms with Crippen LogP contribution in [-0.2, 0) is 6.54 Å². The highest BCUT2D eigenvalue weighted by Gasteiger charge is 2.00. The van der Waals surface area contributed by atoms with Crippen LogP contribution in [0.1, 0.15) is 11.3 Å². The van der Waals surface area contributed by atoms with Crippen molar-refractivity contribution in [2.75, 3.05) is 10.7 Å². The zero-order chi connectivity index (χ0) is 12.1. The first-order chi connectivity index (χ1) is 8.28. The summed E-state index contributed by atoms with van der Waals surface area (Å²) >= 11 is 0. The number of pyridine rings is 1. The van der Waals surface area contributed by atoms with E-state index in [1.54, 1.807) is 6.20 Å². The first-order valence-corrected chi connectivity index (χ1v) is 5.23. The molecule has 6 nitrogen and oxygen atoms in total. The van der Waals surface area contributed by atoms with E-state index in [4.69, 9.17) is 5.84 Å². The molecule has 0 spiro atoms. The molecule has 0 saturated carbocycles. The summed E-state index contributed by atoms with van der Waals surface area (Å²) in [6.07, 6.45) is 3.55. The Bertz CT molecular complexity index is 485. The van der Waals surface area contributed by atoms with E-state index < -0.39 is 0 Å². The van der Waals surface area contributed by atoms with Crippen LogP contribution in [-0.4, -0.2) is 15.0 Å². The molecule has 0 bridgehead atoms. The first-order valence-electron chi connectivity index (χ1n) is 5.23. The Labute approximate surface area is 99.3 Å². The summed E-state index contributed by atoms with van der Waals surface area (Å²) in [6, 6.07) is 5.75. The summed E-state index contributed by atoms with van der Waals surface area (Å²) < 4.78 is 0. The highest BCUT2D eigenvalue weighted by molar-refractivity contribution is 5.42. The number of rotatable bonds is 4. The van der Waals surface area contributed by atoms with Crippen molar-refractivity contribution in [3.8, 4) is 0 Å². The number of nitrogens with one attached hydrogen (secondary N) is 2. The molecule has 0 radical (unpaired) electrons. The number of hydrazine groups is 1. The summed E-state index contributed by atoms with van der Waals surface area (Å²) in [5, 5.41) is 3.19. The SMILES string of the molecule is Cc1cc(NCc2cccnc2)nc(NN)n1. The third-order valence-electron chi connectivity index (χ3n) is 2.18. The predicted octanol–water partition coefficient (Wildman–Crippen LogP) is 1.08. The molecule has 0 amide bonds. The van der Waals surface area contributed by atoms with Crippen molar-refractivity contribution < 1.29 is 0 Å². The van der Waals surface area contributed by atoms with E-state index in [1.807, 2.05) is 31.3 Å². The second-order valence-corrected chi connectivity index (χ2v) is 3.58. The van der Waals surface area contributed by atoms with Gasteiger partial charge in [0, 0.05) is 30.7 Å². The lowest BCUT2D eigenvalue weighted by Crippen LogP contribution is -2.12. The fourth-order valence-corrected chi connectivity index (χ4v) is 1.42. The van der Waals surface area contributed by atoms with Gasteiger partial charge in [-0.3, -0.25) is 10.4 Å². The van der Waals surface area contributed by atoms with Gasteiger partial charge in [0.1, 0.15) is 5.82 Å². The Morgan fingerprint density at radius 3 is 2.94 bits per heavy atom. The Balaban J connectivity index is 2.06. The minimum Gasteiger partial charge on any atom is -0.366 e. The number of hydrogen-bond donors (Lipinski definition) is 3. The number of anilines is 2. The molecule has 2 heterocycles. The lowest BCUT2D eigenvalue weighted by atomic mass is 10.3. The molecule has 2 aromatic heterocycles. The lowest BCUT2D eigenvalue weighted by Gasteiger charge is -2.07. The molecule has 0 aliphatic rings. The van der Waals surface area contributed by atoms with Crippen LogP contribution in [0, 0.1) is 6.92 Å². The molecule has 0 saturated heterocycles. The smallest absolute Gasteiger partial charge is 0.239 e. The Kier molecular flexibility index (Phi) is 3.46. The predicted molar refractivity (Wildman–Crippen MR) is 66.1 cm³/mol. The normalized spacial score (nSPS) is 10.0. The monoisotopic (exact) mass is 230 g/mol. The van der Waals surface area contributed by atoms with Gasteiger partial charge in [0.15, 0.2) is 0 Å². The van der Waals surface area contributed by atoms with Crippen molar-refractivity contribution in [2.24, 2.45) is 5.84 Å². The van der Waals surface area contributed by atoms with Crippen LogP contribution < -0.4 is 16.6 Å². The summed E-state index contributed by atoms with van der Waals surface area (Å²) in [7, 11) is 0. The molecule has 0 aliphatic heterocycles. The summed E-state index contributed by atoms with van der Waals surface area (Å²) in [4.78, 5) is 12.3. The van der Waals surface area contributed by atoms with Gasteiger partial charge in [-0.25, -0.2) is 10.8 Å². The summed E-state index contributed by atoms with van der Waals surface area (Å²) in [5.41, 5.74) is 4.37. The van der Waals surface area contributed by atoms with E-state index in [0.29, 0.717) is 12.5 Å². The van der Waals surface area contributed by atoms with E-state index in [2.05, 4.69) is 25.7 Å². The topological polar surface area (TPSA) is 88.8 Å². The first kappa shape index (κ1) is 11.3. The number of nitrogens with zero attached hydrogens (tertiary/aromatic N) is 3. The van der Waals surface area contributed by atoms with Crippen LogP contribution >= 0.6 is 0 Å². The van der Waals surface area contributed by atoms with Gasteiger partial charge in [0.25, 0.3) is 0 Å². The van der Waals surface area contributed by atoms with Gasteiger partial charge in [0.2, 0.25) is 5.95 Å². The largest absolute Gasteiger partial charge is 0.366 e. The average Bonchev–Trinajstić information content (AvgIpc) is 2.37. The Morgan fingerprint density at radius 1 is 1.35 bits per heavy atom. The van der Waals surface area contributed by atoms with Crippen molar-refractivity contribution in [2.45, 2.75) is 13.5 Å². The average molecular weight is 230 g/mol. The number of nitrogen functional groups attached to an aromatic ring is 1. The second-order valence-electron chi connectivity index (χ2n) is 3.58. The highest BCUT2D eigenvalue weighted by atomic mass is 15.3. The molecule has 0 aliphatic carbocycles. The maximum absolute atomic E-state index is 5.28. The molecule has 0 fully saturated rings. The minimum absolute atomic E-state index is 0.402. The number of nitrogens with two attached hydrogens (primary N) is 1. The van der Waals surface area contributed by atoms with Gasteiger partial charge >= 0.3 is 0 Å². The number of hydrogen-bond acceptors (Lipinski definition) is 6. The van der Waals surface area contributed by atoms with Crippen LogP contribution in [0.2, 0.25) is 0 Å². The molecular weight excluding hydrogens is 216 g/mol. The van der Waals surface area contributed by atoms with E-state index in [0.717, 1.165) is 17.1 Å². The maximum atomic E-state index is 5.28. The molecule has 2 rings (SSSR count). The molecule has 0 unspecified atom stereocenters. The number of aromatic nitrogens is 3. The molecule has 4 N–H and O–H groups in total. The van der Waals surface area contributed by atoms with Crippen LogP contribution in [0.25, 0.3) is 0 Å². The van der Waals surface area contributed by atoms with E-state index >= 15 is 0 Å². The van der Waals surface area contributed by atoms with Gasteiger partial charge in [-0.05, 0) is 18.6 Å². The van der Waals surface area contributed by atoms with Gasteiger partial charge < -0.3 is 5.32 Å². The maximum Gasteiger partial charge on any atom is 0.239 e. The van der Waals surface area contributed by atoms with Crippen LogP contribution in [0.4, 0.5) is 11.8 Å². The van der Waals surface area contributed by atoms with Crippen LogP contribution in [0.15, 0.2) is 30.6 Å². The van der Waals surface area contributed by atoms with Crippen LogP contribution in [0.5, 0.6) is 0 Å². The third-order valence-corrected chi connectivity index (χ3v) is 2.18. The second kappa shape index (κ2) is 5.22. The molecular formula is C11H14N6. The Morgan fingerprint density at radius 2 is 2.24 bits per heavy atom. The molecule has 0 atom stereocenters. The highest BCUT2D eigenvalue weighted by Crippen LogP contribution is 2.10. The summed E-state index contributed by atoms with van der Waals surface area (Å²) in [5.74, 6) is 6.41. The van der Waals surface area contributed by atoms with E-state index in [1.165, 1.54) is 0 Å². The van der Waals surface area contributed by atoms with Gasteiger partial charge in [-0.1, -0.05) is 6.07 Å². The fraction of sp³-hybridized carbons (Fsp3) is 0.182.